The molecule has 2 N–H and O–H groups in total. The molecule has 6 heteroatoms. The van der Waals surface area contributed by atoms with Gasteiger partial charge in [0.25, 0.3) is 0 Å². The van der Waals surface area contributed by atoms with E-state index in [1.165, 1.54) is 0 Å². The van der Waals surface area contributed by atoms with Crippen LogP contribution in [-0.4, -0.2) is 44.7 Å². The van der Waals surface area contributed by atoms with E-state index in [4.69, 9.17) is 30.9 Å². The highest BCUT2D eigenvalue weighted by atomic mass is 35.5. The molecule has 0 amide bonds. The van der Waals surface area contributed by atoms with Crippen molar-refractivity contribution in [1.82, 2.24) is 5.32 Å². The van der Waals surface area contributed by atoms with Gasteiger partial charge in [0.05, 0.1) is 38.1 Å². The largest absolute Gasteiger partial charge is 0.490 e. The number of ether oxygens (including phenoxy) is 3. The van der Waals surface area contributed by atoms with Crippen LogP contribution in [0.15, 0.2) is 12.1 Å². The molecule has 0 aromatic heterocycles. The van der Waals surface area contributed by atoms with Gasteiger partial charge in [-0.3, -0.25) is 0 Å². The van der Waals surface area contributed by atoms with Gasteiger partial charge >= 0.3 is 0 Å². The molecule has 5 nitrogen and oxygen atoms in total. The van der Waals surface area contributed by atoms with Crippen molar-refractivity contribution in [3.05, 3.63) is 22.7 Å². The lowest BCUT2D eigenvalue weighted by molar-refractivity contribution is 0.0938. The third kappa shape index (κ3) is 6.83. The molecule has 0 aliphatic carbocycles. The van der Waals surface area contributed by atoms with Gasteiger partial charge in [0.2, 0.25) is 0 Å². The number of benzene rings is 1. The second-order valence-corrected chi connectivity index (χ2v) is 5.11. The van der Waals surface area contributed by atoms with Gasteiger partial charge in [0.1, 0.15) is 0 Å². The van der Waals surface area contributed by atoms with Gasteiger partial charge < -0.3 is 24.6 Å². The first kappa shape index (κ1) is 19.0. The zero-order valence-electron chi connectivity index (χ0n) is 13.4. The maximum atomic E-state index is 8.61. The van der Waals surface area contributed by atoms with Crippen molar-refractivity contribution < 1.29 is 19.3 Å². The second kappa shape index (κ2) is 11.5. The van der Waals surface area contributed by atoms with Crippen LogP contribution < -0.4 is 14.8 Å². The van der Waals surface area contributed by atoms with Crippen LogP contribution >= 0.6 is 11.6 Å². The molecule has 0 heterocycles. The van der Waals surface area contributed by atoms with Crippen LogP contribution in [0.3, 0.4) is 0 Å². The van der Waals surface area contributed by atoms with E-state index in [1.807, 2.05) is 26.0 Å². The minimum Gasteiger partial charge on any atom is -0.490 e. The Hall–Kier alpha value is -1.01. The summed E-state index contributed by atoms with van der Waals surface area (Å²) in [7, 11) is 0. The van der Waals surface area contributed by atoms with E-state index in [0.29, 0.717) is 56.0 Å². The molecule has 0 radical (unpaired) electrons. The Kier molecular flexibility index (Phi) is 9.99. The van der Waals surface area contributed by atoms with Crippen LogP contribution in [0.5, 0.6) is 11.5 Å². The lowest BCUT2D eigenvalue weighted by Crippen LogP contribution is -2.20. The van der Waals surface area contributed by atoms with E-state index in [9.17, 15) is 0 Å². The number of aliphatic hydroxyl groups is 1. The zero-order valence-corrected chi connectivity index (χ0v) is 14.1. The van der Waals surface area contributed by atoms with E-state index in [1.54, 1.807) is 0 Å². The zero-order chi connectivity index (χ0) is 16.2. The minimum absolute atomic E-state index is 0.0482. The maximum Gasteiger partial charge on any atom is 0.179 e. The molecule has 1 rings (SSSR count). The van der Waals surface area contributed by atoms with Crippen LogP contribution in [0.4, 0.5) is 0 Å². The summed E-state index contributed by atoms with van der Waals surface area (Å²) in [5.41, 5.74) is 1.03. The summed E-state index contributed by atoms with van der Waals surface area (Å²) in [5, 5.41) is 12.4. The molecule has 0 unspecified atom stereocenters. The van der Waals surface area contributed by atoms with Gasteiger partial charge in [-0.2, -0.15) is 0 Å². The van der Waals surface area contributed by atoms with Gasteiger partial charge in [0, 0.05) is 13.1 Å². The highest BCUT2D eigenvalue weighted by Gasteiger charge is 2.12. The predicted molar refractivity (Wildman–Crippen MR) is 88.0 cm³/mol. The normalized spacial score (nSPS) is 10.7. The van der Waals surface area contributed by atoms with Crippen LogP contribution in [0.2, 0.25) is 5.02 Å². The Balaban J connectivity index is 2.60. The number of halogens is 1. The smallest absolute Gasteiger partial charge is 0.179 e. The molecule has 0 atom stereocenters. The number of rotatable bonds is 12. The van der Waals surface area contributed by atoms with E-state index in [2.05, 4.69) is 5.32 Å². The summed E-state index contributed by atoms with van der Waals surface area (Å²) < 4.78 is 16.5. The third-order valence-electron chi connectivity index (χ3n) is 2.81. The van der Waals surface area contributed by atoms with Crippen molar-refractivity contribution in [2.45, 2.75) is 26.8 Å². The van der Waals surface area contributed by atoms with Crippen molar-refractivity contribution >= 4 is 11.6 Å². The van der Waals surface area contributed by atoms with Crippen molar-refractivity contribution in [3.63, 3.8) is 0 Å². The summed E-state index contributed by atoms with van der Waals surface area (Å²) in [6, 6.07) is 3.83. The molecule has 0 saturated heterocycles. The van der Waals surface area contributed by atoms with Crippen LogP contribution in [0, 0.1) is 0 Å². The first-order valence-electron chi connectivity index (χ1n) is 7.70. The Labute approximate surface area is 137 Å². The van der Waals surface area contributed by atoms with E-state index in [0.717, 1.165) is 12.0 Å². The molecule has 0 saturated carbocycles. The fourth-order valence-electron chi connectivity index (χ4n) is 1.87. The summed E-state index contributed by atoms with van der Waals surface area (Å²) in [6.07, 6.45) is 0.916. The highest BCUT2D eigenvalue weighted by molar-refractivity contribution is 6.32. The van der Waals surface area contributed by atoms with Crippen molar-refractivity contribution in [3.8, 4) is 11.5 Å². The summed E-state index contributed by atoms with van der Waals surface area (Å²) in [4.78, 5) is 0. The standard InChI is InChI=1S/C16H26ClNO4/c1-3-7-22-16-14(17)10-13(11-15(16)21-4-2)12-18-5-8-20-9-6-19/h10-11,18-19H,3-9,12H2,1-2H3. The average molecular weight is 332 g/mol. The second-order valence-electron chi connectivity index (χ2n) is 4.70. The van der Waals surface area contributed by atoms with Gasteiger partial charge in [-0.1, -0.05) is 18.5 Å². The molecule has 0 aliphatic rings. The molecule has 1 aromatic carbocycles. The maximum absolute atomic E-state index is 8.61. The minimum atomic E-state index is 0.0482. The SMILES string of the molecule is CCCOc1c(Cl)cc(CNCCOCCO)cc1OCC. The molecule has 0 bridgehead atoms. The molecule has 0 aliphatic heterocycles. The fraction of sp³-hybridized carbons (Fsp3) is 0.625. The number of hydrogen-bond donors (Lipinski definition) is 2. The first-order chi connectivity index (χ1) is 10.7. The van der Waals surface area contributed by atoms with Gasteiger partial charge in [-0.05, 0) is 31.0 Å². The molecular formula is C16H26ClNO4. The molecule has 0 fully saturated rings. The monoisotopic (exact) mass is 331 g/mol. The van der Waals surface area contributed by atoms with E-state index in [-0.39, 0.29) is 6.61 Å². The van der Waals surface area contributed by atoms with Gasteiger partial charge in [-0.25, -0.2) is 0 Å². The molecule has 22 heavy (non-hydrogen) atoms. The molecule has 126 valence electrons. The lowest BCUT2D eigenvalue weighted by Gasteiger charge is -2.15. The summed E-state index contributed by atoms with van der Waals surface area (Å²) in [5.74, 6) is 1.29. The van der Waals surface area contributed by atoms with Crippen molar-refractivity contribution in [2.24, 2.45) is 0 Å². The van der Waals surface area contributed by atoms with Crippen molar-refractivity contribution in [1.29, 1.82) is 0 Å². The Morgan fingerprint density at radius 2 is 1.95 bits per heavy atom. The third-order valence-corrected chi connectivity index (χ3v) is 3.09. The van der Waals surface area contributed by atoms with Crippen LogP contribution in [-0.2, 0) is 11.3 Å². The Bertz CT molecular complexity index is 429. The summed E-state index contributed by atoms with van der Waals surface area (Å²) in [6.45, 7) is 7.49. The van der Waals surface area contributed by atoms with Crippen molar-refractivity contribution in [2.75, 3.05) is 39.6 Å². The van der Waals surface area contributed by atoms with E-state index < -0.39 is 0 Å². The summed E-state index contributed by atoms with van der Waals surface area (Å²) >= 11 is 6.30. The number of aliphatic hydroxyl groups excluding tert-OH is 1. The Morgan fingerprint density at radius 3 is 2.64 bits per heavy atom. The van der Waals surface area contributed by atoms with Gasteiger partial charge in [0.15, 0.2) is 11.5 Å². The van der Waals surface area contributed by atoms with E-state index >= 15 is 0 Å². The molecule has 0 spiro atoms. The molecule has 1 aromatic rings. The van der Waals surface area contributed by atoms with Crippen LogP contribution in [0.1, 0.15) is 25.8 Å². The predicted octanol–water partition coefficient (Wildman–Crippen LogP) is 2.63. The first-order valence-corrected chi connectivity index (χ1v) is 8.08. The Morgan fingerprint density at radius 1 is 1.14 bits per heavy atom. The number of hydrogen-bond acceptors (Lipinski definition) is 5. The highest BCUT2D eigenvalue weighted by Crippen LogP contribution is 2.36. The lowest BCUT2D eigenvalue weighted by atomic mass is 10.2. The molecular weight excluding hydrogens is 306 g/mol. The topological polar surface area (TPSA) is 60.0 Å². The fourth-order valence-corrected chi connectivity index (χ4v) is 2.16. The number of nitrogens with one attached hydrogen (secondary N) is 1. The average Bonchev–Trinajstić information content (AvgIpc) is 2.50. The quantitative estimate of drug-likeness (QED) is 0.577. The van der Waals surface area contributed by atoms with Gasteiger partial charge in [-0.15, -0.1) is 0 Å². The van der Waals surface area contributed by atoms with Crippen LogP contribution in [0.25, 0.3) is 0 Å².